The Labute approximate surface area is 126 Å². The van der Waals surface area contributed by atoms with Gasteiger partial charge in [0, 0.05) is 0 Å². The number of carbonyl (C=O) groups is 1. The second kappa shape index (κ2) is 7.46. The van der Waals surface area contributed by atoms with E-state index in [1.165, 1.54) is 0 Å². The van der Waals surface area contributed by atoms with Crippen molar-refractivity contribution in [2.24, 2.45) is 0 Å². The molecule has 0 aliphatic heterocycles. The van der Waals surface area contributed by atoms with E-state index in [4.69, 9.17) is 4.74 Å². The number of carbonyl (C=O) groups excluding carboxylic acids is 1. The Morgan fingerprint density at radius 3 is 2.86 bits per heavy atom. The second-order valence-electron chi connectivity index (χ2n) is 5.89. The standard InChI is InChI=1S/C17H25NO3/c1-12-7-8-13(2)16(11-12)21-10-9-17(20)18-14-5-3-4-6-15(14)19/h7-8,11,14-15,19H,3-6,9-10H2,1-2H3,(H,18,20)/t14-,15-/m1/s1. The van der Waals surface area contributed by atoms with Crippen molar-refractivity contribution in [3.05, 3.63) is 29.3 Å². The van der Waals surface area contributed by atoms with Gasteiger partial charge in [-0.1, -0.05) is 25.0 Å². The number of hydrogen-bond donors (Lipinski definition) is 2. The maximum atomic E-state index is 11.9. The smallest absolute Gasteiger partial charge is 0.223 e. The van der Waals surface area contributed by atoms with Crippen LogP contribution in [0.15, 0.2) is 18.2 Å². The summed E-state index contributed by atoms with van der Waals surface area (Å²) >= 11 is 0. The molecule has 0 heterocycles. The van der Waals surface area contributed by atoms with Crippen LogP contribution in [0, 0.1) is 13.8 Å². The van der Waals surface area contributed by atoms with Crippen LogP contribution in [0.1, 0.15) is 43.2 Å². The van der Waals surface area contributed by atoms with Crippen molar-refractivity contribution in [3.63, 3.8) is 0 Å². The summed E-state index contributed by atoms with van der Waals surface area (Å²) in [6.45, 7) is 4.37. The zero-order valence-electron chi connectivity index (χ0n) is 12.9. The molecule has 0 spiro atoms. The van der Waals surface area contributed by atoms with Crippen LogP contribution < -0.4 is 10.1 Å². The lowest BCUT2D eigenvalue weighted by molar-refractivity contribution is -0.123. The topological polar surface area (TPSA) is 58.6 Å². The highest BCUT2D eigenvalue weighted by Gasteiger charge is 2.24. The van der Waals surface area contributed by atoms with E-state index in [-0.39, 0.29) is 11.9 Å². The van der Waals surface area contributed by atoms with Crippen LogP contribution in [0.5, 0.6) is 5.75 Å². The predicted molar refractivity (Wildman–Crippen MR) is 82.4 cm³/mol. The van der Waals surface area contributed by atoms with E-state index in [2.05, 4.69) is 5.32 Å². The van der Waals surface area contributed by atoms with Crippen molar-refractivity contribution in [1.82, 2.24) is 5.32 Å². The molecule has 0 unspecified atom stereocenters. The molecule has 1 amide bonds. The van der Waals surface area contributed by atoms with Crippen molar-refractivity contribution >= 4 is 5.91 Å². The summed E-state index contributed by atoms with van der Waals surface area (Å²) in [5.41, 5.74) is 2.22. The number of amides is 1. The van der Waals surface area contributed by atoms with Crippen LogP contribution in [0.25, 0.3) is 0 Å². The summed E-state index contributed by atoms with van der Waals surface area (Å²) in [4.78, 5) is 11.9. The Morgan fingerprint density at radius 1 is 1.33 bits per heavy atom. The Kier molecular flexibility index (Phi) is 5.62. The van der Waals surface area contributed by atoms with E-state index >= 15 is 0 Å². The quantitative estimate of drug-likeness (QED) is 0.876. The first-order valence-electron chi connectivity index (χ1n) is 7.74. The summed E-state index contributed by atoms with van der Waals surface area (Å²) in [6.07, 6.45) is 3.68. The molecule has 21 heavy (non-hydrogen) atoms. The number of rotatable bonds is 5. The molecule has 0 radical (unpaired) electrons. The first kappa shape index (κ1) is 15.8. The van der Waals surface area contributed by atoms with Gasteiger partial charge in [0.2, 0.25) is 5.91 Å². The Morgan fingerprint density at radius 2 is 2.10 bits per heavy atom. The normalized spacial score (nSPS) is 21.9. The third kappa shape index (κ3) is 4.74. The molecule has 0 bridgehead atoms. The van der Waals surface area contributed by atoms with Crippen LogP contribution in [-0.4, -0.2) is 29.8 Å². The minimum absolute atomic E-state index is 0.0498. The maximum absolute atomic E-state index is 11.9. The lowest BCUT2D eigenvalue weighted by Crippen LogP contribution is -2.45. The van der Waals surface area contributed by atoms with Crippen molar-refractivity contribution in [3.8, 4) is 5.75 Å². The number of nitrogens with one attached hydrogen (secondary N) is 1. The molecule has 116 valence electrons. The molecule has 2 atom stereocenters. The van der Waals surface area contributed by atoms with Gasteiger partial charge in [-0.15, -0.1) is 0 Å². The summed E-state index contributed by atoms with van der Waals surface area (Å²) in [5, 5.41) is 12.8. The summed E-state index contributed by atoms with van der Waals surface area (Å²) in [5.74, 6) is 0.784. The van der Waals surface area contributed by atoms with Gasteiger partial charge in [0.25, 0.3) is 0 Å². The zero-order chi connectivity index (χ0) is 15.2. The monoisotopic (exact) mass is 291 g/mol. The number of benzene rings is 1. The summed E-state index contributed by atoms with van der Waals surface area (Å²) in [7, 11) is 0. The first-order chi connectivity index (χ1) is 10.1. The van der Waals surface area contributed by atoms with Crippen molar-refractivity contribution < 1.29 is 14.6 Å². The van der Waals surface area contributed by atoms with Crippen LogP contribution in [0.4, 0.5) is 0 Å². The third-order valence-electron chi connectivity index (χ3n) is 4.01. The minimum Gasteiger partial charge on any atom is -0.493 e. The SMILES string of the molecule is Cc1ccc(C)c(OCCC(=O)N[C@@H]2CCCC[C@H]2O)c1. The lowest BCUT2D eigenvalue weighted by Gasteiger charge is -2.28. The van der Waals surface area contributed by atoms with E-state index < -0.39 is 6.10 Å². The predicted octanol–water partition coefficient (Wildman–Crippen LogP) is 2.49. The molecule has 1 fully saturated rings. The maximum Gasteiger partial charge on any atom is 0.223 e. The molecular weight excluding hydrogens is 266 g/mol. The van der Waals surface area contributed by atoms with Crippen molar-refractivity contribution in [1.29, 1.82) is 0 Å². The average Bonchev–Trinajstić information content (AvgIpc) is 2.45. The lowest BCUT2D eigenvalue weighted by atomic mass is 9.92. The Balaban J connectivity index is 1.75. The molecule has 0 aromatic heterocycles. The largest absolute Gasteiger partial charge is 0.493 e. The summed E-state index contributed by atoms with van der Waals surface area (Å²) in [6, 6.07) is 5.95. The molecule has 1 aromatic carbocycles. The van der Waals surface area contributed by atoms with E-state index in [0.29, 0.717) is 13.0 Å². The number of ether oxygens (including phenoxy) is 1. The molecule has 1 aliphatic rings. The van der Waals surface area contributed by atoms with Crippen LogP contribution in [0.3, 0.4) is 0 Å². The fraction of sp³-hybridized carbons (Fsp3) is 0.588. The highest BCUT2D eigenvalue weighted by atomic mass is 16.5. The molecule has 2 N–H and O–H groups in total. The Bertz CT molecular complexity index is 487. The van der Waals surface area contributed by atoms with Crippen LogP contribution in [0.2, 0.25) is 0 Å². The fourth-order valence-electron chi connectivity index (χ4n) is 2.68. The van der Waals surface area contributed by atoms with Gasteiger partial charge < -0.3 is 15.2 Å². The van der Waals surface area contributed by atoms with E-state index in [1.54, 1.807) is 0 Å². The van der Waals surface area contributed by atoms with Gasteiger partial charge in [-0.3, -0.25) is 4.79 Å². The molecule has 1 saturated carbocycles. The molecular formula is C17H25NO3. The van der Waals surface area contributed by atoms with Gasteiger partial charge in [0.1, 0.15) is 5.75 Å². The third-order valence-corrected chi connectivity index (χ3v) is 4.01. The highest BCUT2D eigenvalue weighted by Crippen LogP contribution is 2.20. The Hall–Kier alpha value is -1.55. The fourth-order valence-corrected chi connectivity index (χ4v) is 2.68. The zero-order valence-corrected chi connectivity index (χ0v) is 12.9. The molecule has 1 aromatic rings. The van der Waals surface area contributed by atoms with E-state index in [0.717, 1.165) is 42.6 Å². The van der Waals surface area contributed by atoms with Gasteiger partial charge in [-0.2, -0.15) is 0 Å². The molecule has 4 heteroatoms. The first-order valence-corrected chi connectivity index (χ1v) is 7.74. The number of hydrogen-bond acceptors (Lipinski definition) is 3. The second-order valence-corrected chi connectivity index (χ2v) is 5.89. The molecule has 0 saturated heterocycles. The highest BCUT2D eigenvalue weighted by molar-refractivity contribution is 5.76. The van der Waals surface area contributed by atoms with Gasteiger partial charge in [0.05, 0.1) is 25.2 Å². The van der Waals surface area contributed by atoms with Gasteiger partial charge >= 0.3 is 0 Å². The van der Waals surface area contributed by atoms with Crippen molar-refractivity contribution in [2.45, 2.75) is 58.1 Å². The molecule has 2 rings (SSSR count). The van der Waals surface area contributed by atoms with Gasteiger partial charge in [0.15, 0.2) is 0 Å². The minimum atomic E-state index is -0.400. The molecule has 4 nitrogen and oxygen atoms in total. The van der Waals surface area contributed by atoms with Gasteiger partial charge in [-0.25, -0.2) is 0 Å². The number of aliphatic hydroxyl groups excluding tert-OH is 1. The van der Waals surface area contributed by atoms with E-state index in [1.807, 2.05) is 32.0 Å². The number of aryl methyl sites for hydroxylation is 2. The van der Waals surface area contributed by atoms with Crippen LogP contribution in [-0.2, 0) is 4.79 Å². The van der Waals surface area contributed by atoms with Crippen molar-refractivity contribution in [2.75, 3.05) is 6.61 Å². The van der Waals surface area contributed by atoms with Crippen LogP contribution >= 0.6 is 0 Å². The van der Waals surface area contributed by atoms with E-state index in [9.17, 15) is 9.90 Å². The average molecular weight is 291 g/mol. The van der Waals surface area contributed by atoms with Gasteiger partial charge in [-0.05, 0) is 43.9 Å². The number of aliphatic hydroxyl groups is 1. The summed E-state index contributed by atoms with van der Waals surface area (Å²) < 4.78 is 5.68. The molecule has 1 aliphatic carbocycles.